The predicted octanol–water partition coefficient (Wildman–Crippen LogP) is 3.69. The van der Waals surface area contributed by atoms with Crippen molar-refractivity contribution in [3.63, 3.8) is 0 Å². The van der Waals surface area contributed by atoms with Gasteiger partial charge in [0.15, 0.2) is 0 Å². The highest BCUT2D eigenvalue weighted by Gasteiger charge is 2.25. The molecule has 0 aliphatic heterocycles. The monoisotopic (exact) mass is 291 g/mol. The van der Waals surface area contributed by atoms with Crippen molar-refractivity contribution in [1.29, 1.82) is 0 Å². The molecule has 0 saturated heterocycles. The van der Waals surface area contributed by atoms with Crippen LogP contribution >= 0.6 is 11.6 Å². The third kappa shape index (κ3) is 3.51. The molecule has 0 saturated carbocycles. The van der Waals surface area contributed by atoms with E-state index in [9.17, 15) is 5.11 Å². The molecule has 4 heteroatoms. The Morgan fingerprint density at radius 1 is 1.15 bits per heavy atom. The van der Waals surface area contributed by atoms with Gasteiger partial charge in [0.25, 0.3) is 0 Å². The molecule has 0 heterocycles. The smallest absolute Gasteiger partial charge is 0.133 e. The molecule has 1 atom stereocenters. The van der Waals surface area contributed by atoms with Crippen LogP contribution in [0.5, 0.6) is 11.5 Å². The zero-order valence-corrected chi connectivity index (χ0v) is 12.1. The summed E-state index contributed by atoms with van der Waals surface area (Å²) in [5.74, 6) is 1.29. The molecule has 0 fully saturated rings. The molecule has 2 aromatic rings. The molecule has 3 nitrogen and oxygen atoms in total. The number of ether oxygens (including phenoxy) is 1. The fourth-order valence-corrected chi connectivity index (χ4v) is 2.17. The highest BCUT2D eigenvalue weighted by atomic mass is 35.5. The third-order valence-electron chi connectivity index (χ3n) is 3.14. The number of hydrogen-bond donors (Lipinski definition) is 2. The van der Waals surface area contributed by atoms with Crippen molar-refractivity contribution in [3.8, 4) is 11.5 Å². The van der Waals surface area contributed by atoms with Crippen LogP contribution in [0.15, 0.2) is 48.5 Å². The van der Waals surface area contributed by atoms with Gasteiger partial charge in [0.1, 0.15) is 11.5 Å². The number of halogens is 1. The maximum Gasteiger partial charge on any atom is 0.133 e. The number of rotatable bonds is 5. The molecule has 0 radical (unpaired) electrons. The third-order valence-corrected chi connectivity index (χ3v) is 3.39. The minimum Gasteiger partial charge on any atom is -0.457 e. The molecule has 106 valence electrons. The molecule has 0 aliphatic carbocycles. The molecule has 0 amide bonds. The van der Waals surface area contributed by atoms with Crippen molar-refractivity contribution in [1.82, 2.24) is 0 Å². The molecule has 0 aliphatic rings. The predicted molar refractivity (Wildman–Crippen MR) is 81.2 cm³/mol. The summed E-state index contributed by atoms with van der Waals surface area (Å²) in [6.45, 7) is 2.15. The molecular formula is C16H18ClNO2. The summed E-state index contributed by atoms with van der Waals surface area (Å²) in [5, 5.41) is 11.2. The second kappa shape index (κ2) is 6.27. The van der Waals surface area contributed by atoms with Crippen LogP contribution in [0.25, 0.3) is 0 Å². The lowest BCUT2D eigenvalue weighted by Crippen LogP contribution is -2.25. The van der Waals surface area contributed by atoms with Crippen molar-refractivity contribution >= 4 is 11.6 Å². The van der Waals surface area contributed by atoms with E-state index in [1.807, 2.05) is 24.3 Å². The van der Waals surface area contributed by atoms with E-state index in [1.165, 1.54) is 0 Å². The SMILES string of the molecule is CC(O)(CCN)c1ccccc1Oc1ccc(Cl)cc1. The molecule has 2 aromatic carbocycles. The topological polar surface area (TPSA) is 55.5 Å². The maximum absolute atomic E-state index is 10.5. The molecule has 0 bridgehead atoms. The van der Waals surface area contributed by atoms with Gasteiger partial charge in [-0.25, -0.2) is 0 Å². The van der Waals surface area contributed by atoms with E-state index < -0.39 is 5.60 Å². The van der Waals surface area contributed by atoms with E-state index in [-0.39, 0.29) is 0 Å². The largest absolute Gasteiger partial charge is 0.457 e. The Bertz CT molecular complexity index is 567. The van der Waals surface area contributed by atoms with Crippen LogP contribution < -0.4 is 10.5 Å². The number of aliphatic hydroxyl groups is 1. The summed E-state index contributed by atoms with van der Waals surface area (Å²) < 4.78 is 5.84. The summed E-state index contributed by atoms with van der Waals surface area (Å²) in [7, 11) is 0. The fourth-order valence-electron chi connectivity index (χ4n) is 2.05. The van der Waals surface area contributed by atoms with E-state index in [0.29, 0.717) is 29.5 Å². The molecule has 0 spiro atoms. The quantitative estimate of drug-likeness (QED) is 0.883. The first-order chi connectivity index (χ1) is 9.53. The lowest BCUT2D eigenvalue weighted by molar-refractivity contribution is 0.0484. The molecular weight excluding hydrogens is 274 g/mol. The second-order valence-corrected chi connectivity index (χ2v) is 5.30. The maximum atomic E-state index is 10.5. The van der Waals surface area contributed by atoms with Crippen molar-refractivity contribution in [3.05, 3.63) is 59.1 Å². The van der Waals surface area contributed by atoms with Gasteiger partial charge in [-0.2, -0.15) is 0 Å². The van der Waals surface area contributed by atoms with Gasteiger partial charge in [-0.3, -0.25) is 0 Å². The minimum atomic E-state index is -1.02. The molecule has 3 N–H and O–H groups in total. The van der Waals surface area contributed by atoms with Crippen LogP contribution in [-0.2, 0) is 5.60 Å². The van der Waals surface area contributed by atoms with Crippen LogP contribution in [-0.4, -0.2) is 11.7 Å². The summed E-state index contributed by atoms with van der Waals surface area (Å²) in [6, 6.07) is 14.5. The van der Waals surface area contributed by atoms with Crippen molar-refractivity contribution in [2.75, 3.05) is 6.54 Å². The Labute approximate surface area is 123 Å². The number of hydrogen-bond acceptors (Lipinski definition) is 3. The Hall–Kier alpha value is -1.55. The zero-order chi connectivity index (χ0) is 14.6. The first-order valence-electron chi connectivity index (χ1n) is 6.48. The number of nitrogens with two attached hydrogens (primary N) is 1. The summed E-state index contributed by atoms with van der Waals surface area (Å²) in [4.78, 5) is 0. The Morgan fingerprint density at radius 2 is 1.80 bits per heavy atom. The molecule has 1 unspecified atom stereocenters. The van der Waals surface area contributed by atoms with Gasteiger partial charge in [-0.1, -0.05) is 29.8 Å². The highest BCUT2D eigenvalue weighted by molar-refractivity contribution is 6.30. The average molecular weight is 292 g/mol. The van der Waals surface area contributed by atoms with E-state index >= 15 is 0 Å². The standard InChI is InChI=1S/C16H18ClNO2/c1-16(19,10-11-18)14-4-2-3-5-15(14)20-13-8-6-12(17)7-9-13/h2-9,19H,10-11,18H2,1H3. The van der Waals surface area contributed by atoms with E-state index in [2.05, 4.69) is 0 Å². The fraction of sp³-hybridized carbons (Fsp3) is 0.250. The van der Waals surface area contributed by atoms with E-state index in [0.717, 1.165) is 5.56 Å². The van der Waals surface area contributed by atoms with Crippen molar-refractivity contribution in [2.24, 2.45) is 5.73 Å². The van der Waals surface area contributed by atoms with Gasteiger partial charge in [0.2, 0.25) is 0 Å². The normalized spacial score (nSPS) is 13.8. The Balaban J connectivity index is 2.30. The van der Waals surface area contributed by atoms with Crippen LogP contribution in [0.1, 0.15) is 18.9 Å². The summed E-state index contributed by atoms with van der Waals surface area (Å²) >= 11 is 5.85. The van der Waals surface area contributed by atoms with Crippen molar-refractivity contribution in [2.45, 2.75) is 18.9 Å². The lowest BCUT2D eigenvalue weighted by Gasteiger charge is -2.25. The van der Waals surface area contributed by atoms with Gasteiger partial charge in [0, 0.05) is 10.6 Å². The van der Waals surface area contributed by atoms with Gasteiger partial charge < -0.3 is 15.6 Å². The summed E-state index contributed by atoms with van der Waals surface area (Å²) in [6.07, 6.45) is 0.466. The first kappa shape index (κ1) is 14.9. The lowest BCUT2D eigenvalue weighted by atomic mass is 9.92. The average Bonchev–Trinajstić information content (AvgIpc) is 2.42. The van der Waals surface area contributed by atoms with E-state index in [4.69, 9.17) is 22.1 Å². The Morgan fingerprint density at radius 3 is 2.45 bits per heavy atom. The van der Waals surface area contributed by atoms with Crippen LogP contribution in [0, 0.1) is 0 Å². The van der Waals surface area contributed by atoms with Crippen LogP contribution in [0.4, 0.5) is 0 Å². The highest BCUT2D eigenvalue weighted by Crippen LogP contribution is 2.34. The summed E-state index contributed by atoms with van der Waals surface area (Å²) in [5.41, 5.74) is 5.26. The Kier molecular flexibility index (Phi) is 4.65. The second-order valence-electron chi connectivity index (χ2n) is 4.86. The van der Waals surface area contributed by atoms with Crippen LogP contribution in [0.2, 0.25) is 5.02 Å². The minimum absolute atomic E-state index is 0.405. The number of benzene rings is 2. The zero-order valence-electron chi connectivity index (χ0n) is 11.3. The van der Waals surface area contributed by atoms with Gasteiger partial charge in [-0.05, 0) is 50.2 Å². The van der Waals surface area contributed by atoms with Gasteiger partial charge >= 0.3 is 0 Å². The van der Waals surface area contributed by atoms with Crippen LogP contribution in [0.3, 0.4) is 0 Å². The van der Waals surface area contributed by atoms with Crippen molar-refractivity contribution < 1.29 is 9.84 Å². The van der Waals surface area contributed by atoms with Gasteiger partial charge in [-0.15, -0.1) is 0 Å². The number of para-hydroxylation sites is 1. The van der Waals surface area contributed by atoms with E-state index in [1.54, 1.807) is 31.2 Å². The molecule has 0 aromatic heterocycles. The first-order valence-corrected chi connectivity index (χ1v) is 6.86. The van der Waals surface area contributed by atoms with Gasteiger partial charge in [0.05, 0.1) is 5.60 Å². The molecule has 20 heavy (non-hydrogen) atoms. The molecule has 2 rings (SSSR count).